The van der Waals surface area contributed by atoms with Crippen LogP contribution in [0, 0.1) is 11.8 Å². The molecule has 0 aliphatic heterocycles. The monoisotopic (exact) mass is 198 g/mol. The molecule has 2 rings (SSSR count). The van der Waals surface area contributed by atoms with E-state index in [0.717, 1.165) is 23.5 Å². The molecule has 2 aliphatic rings. The molecule has 0 aromatic heterocycles. The van der Waals surface area contributed by atoms with E-state index in [-0.39, 0.29) is 0 Å². The highest BCUT2D eigenvalue weighted by atomic mass is 32.1. The van der Waals surface area contributed by atoms with Gasteiger partial charge in [0, 0.05) is 12.6 Å². The van der Waals surface area contributed by atoms with Crippen LogP contribution in [-0.4, -0.2) is 17.7 Å². The van der Waals surface area contributed by atoms with Crippen molar-refractivity contribution < 1.29 is 0 Å². The third-order valence-electron chi connectivity index (χ3n) is 3.39. The predicted molar refractivity (Wildman–Crippen MR) is 58.6 cm³/mol. The Morgan fingerprint density at radius 1 is 1.38 bits per heavy atom. The molecule has 2 N–H and O–H groups in total. The van der Waals surface area contributed by atoms with Gasteiger partial charge in [0.25, 0.3) is 0 Å². The van der Waals surface area contributed by atoms with Gasteiger partial charge in [-0.2, -0.15) is 0 Å². The normalized spacial score (nSPS) is 36.2. The quantitative estimate of drug-likeness (QED) is 0.660. The first kappa shape index (κ1) is 9.25. The van der Waals surface area contributed by atoms with E-state index in [1.165, 1.54) is 25.7 Å². The van der Waals surface area contributed by atoms with Crippen LogP contribution < -0.4 is 10.6 Å². The van der Waals surface area contributed by atoms with E-state index in [0.29, 0.717) is 6.04 Å². The average molecular weight is 198 g/mol. The van der Waals surface area contributed by atoms with Crippen molar-refractivity contribution in [2.24, 2.45) is 11.8 Å². The first-order chi connectivity index (χ1) is 6.29. The lowest BCUT2D eigenvalue weighted by atomic mass is 9.96. The zero-order valence-corrected chi connectivity index (χ0v) is 8.99. The van der Waals surface area contributed by atoms with Crippen LogP contribution in [0.5, 0.6) is 0 Å². The van der Waals surface area contributed by atoms with E-state index in [2.05, 4.69) is 17.6 Å². The van der Waals surface area contributed by atoms with Gasteiger partial charge in [0.1, 0.15) is 0 Å². The fourth-order valence-electron chi connectivity index (χ4n) is 2.80. The molecule has 0 spiro atoms. The summed E-state index contributed by atoms with van der Waals surface area (Å²) < 4.78 is 0. The van der Waals surface area contributed by atoms with Gasteiger partial charge in [0.15, 0.2) is 5.11 Å². The van der Waals surface area contributed by atoms with Crippen molar-refractivity contribution in [3.8, 4) is 0 Å². The summed E-state index contributed by atoms with van der Waals surface area (Å²) >= 11 is 5.18. The maximum Gasteiger partial charge on any atom is 0.166 e. The minimum atomic E-state index is 0.672. The van der Waals surface area contributed by atoms with Gasteiger partial charge in [-0.05, 0) is 50.2 Å². The molecule has 0 aromatic carbocycles. The van der Waals surface area contributed by atoms with Crippen LogP contribution in [0.2, 0.25) is 0 Å². The molecule has 3 atom stereocenters. The highest BCUT2D eigenvalue weighted by molar-refractivity contribution is 7.80. The predicted octanol–water partition coefficient (Wildman–Crippen LogP) is 1.66. The molecule has 0 unspecified atom stereocenters. The topological polar surface area (TPSA) is 24.1 Å². The summed E-state index contributed by atoms with van der Waals surface area (Å²) in [6, 6.07) is 0.672. The second-order valence-electron chi connectivity index (χ2n) is 4.29. The maximum absolute atomic E-state index is 5.18. The number of nitrogens with one attached hydrogen (secondary N) is 2. The maximum atomic E-state index is 5.18. The lowest BCUT2D eigenvalue weighted by Crippen LogP contribution is -2.44. The SMILES string of the molecule is CCNC(=S)N[C@@H]1C[C@@H]2CC[C@@H]1C2. The van der Waals surface area contributed by atoms with Gasteiger partial charge < -0.3 is 10.6 Å². The highest BCUT2D eigenvalue weighted by Gasteiger charge is 2.39. The Bertz CT molecular complexity index is 205. The second kappa shape index (κ2) is 3.82. The molecule has 3 heteroatoms. The Morgan fingerprint density at radius 3 is 2.77 bits per heavy atom. The molecular formula is C10H18N2S. The van der Waals surface area contributed by atoms with E-state index >= 15 is 0 Å². The summed E-state index contributed by atoms with van der Waals surface area (Å²) in [6.45, 7) is 3.00. The number of hydrogen-bond donors (Lipinski definition) is 2. The fourth-order valence-corrected chi connectivity index (χ4v) is 3.10. The molecule has 0 saturated heterocycles. The first-order valence-electron chi connectivity index (χ1n) is 5.34. The van der Waals surface area contributed by atoms with Crippen LogP contribution in [0.1, 0.15) is 32.6 Å². The minimum absolute atomic E-state index is 0.672. The van der Waals surface area contributed by atoms with Crippen molar-refractivity contribution >= 4 is 17.3 Å². The molecule has 2 saturated carbocycles. The number of rotatable bonds is 2. The molecule has 2 fully saturated rings. The summed E-state index contributed by atoms with van der Waals surface area (Å²) in [5.41, 5.74) is 0. The molecule has 2 nitrogen and oxygen atoms in total. The van der Waals surface area contributed by atoms with Crippen molar-refractivity contribution in [2.45, 2.75) is 38.6 Å². The lowest BCUT2D eigenvalue weighted by Gasteiger charge is -2.24. The fraction of sp³-hybridized carbons (Fsp3) is 0.900. The Balaban J connectivity index is 1.79. The van der Waals surface area contributed by atoms with Gasteiger partial charge in [-0.25, -0.2) is 0 Å². The summed E-state index contributed by atoms with van der Waals surface area (Å²) in [6.07, 6.45) is 5.65. The molecule has 0 amide bonds. The molecular weight excluding hydrogens is 180 g/mol. The average Bonchev–Trinajstić information content (AvgIpc) is 2.65. The van der Waals surface area contributed by atoms with Crippen LogP contribution >= 0.6 is 12.2 Å². The van der Waals surface area contributed by atoms with Crippen LogP contribution in [0.3, 0.4) is 0 Å². The third-order valence-corrected chi connectivity index (χ3v) is 3.65. The van der Waals surface area contributed by atoms with Crippen LogP contribution in [0.15, 0.2) is 0 Å². The highest BCUT2D eigenvalue weighted by Crippen LogP contribution is 2.44. The van der Waals surface area contributed by atoms with E-state index < -0.39 is 0 Å². The van der Waals surface area contributed by atoms with E-state index in [1.807, 2.05) is 0 Å². The van der Waals surface area contributed by atoms with Crippen molar-refractivity contribution in [1.29, 1.82) is 0 Å². The molecule has 13 heavy (non-hydrogen) atoms. The Kier molecular flexibility index (Phi) is 2.72. The largest absolute Gasteiger partial charge is 0.363 e. The van der Waals surface area contributed by atoms with Gasteiger partial charge in [-0.1, -0.05) is 6.42 Å². The van der Waals surface area contributed by atoms with E-state index in [4.69, 9.17) is 12.2 Å². The Morgan fingerprint density at radius 2 is 2.23 bits per heavy atom. The molecule has 0 heterocycles. The van der Waals surface area contributed by atoms with Crippen LogP contribution in [0.4, 0.5) is 0 Å². The number of hydrogen-bond acceptors (Lipinski definition) is 1. The number of fused-ring (bicyclic) bond motifs is 2. The first-order valence-corrected chi connectivity index (χ1v) is 5.74. The van der Waals surface area contributed by atoms with Crippen molar-refractivity contribution in [2.75, 3.05) is 6.54 Å². The van der Waals surface area contributed by atoms with Crippen molar-refractivity contribution in [3.05, 3.63) is 0 Å². The molecule has 0 aromatic rings. The van der Waals surface area contributed by atoms with Gasteiger partial charge in [-0.15, -0.1) is 0 Å². The summed E-state index contributed by atoms with van der Waals surface area (Å²) in [5, 5.41) is 7.43. The molecule has 74 valence electrons. The summed E-state index contributed by atoms with van der Waals surface area (Å²) in [4.78, 5) is 0. The molecule has 2 aliphatic carbocycles. The van der Waals surface area contributed by atoms with Gasteiger partial charge in [-0.3, -0.25) is 0 Å². The second-order valence-corrected chi connectivity index (χ2v) is 4.69. The minimum Gasteiger partial charge on any atom is -0.363 e. The lowest BCUT2D eigenvalue weighted by molar-refractivity contribution is 0.389. The zero-order chi connectivity index (χ0) is 9.26. The summed E-state index contributed by atoms with van der Waals surface area (Å²) in [5.74, 6) is 1.90. The van der Waals surface area contributed by atoms with Gasteiger partial charge in [0.2, 0.25) is 0 Å². The Labute approximate surface area is 85.5 Å². The molecule has 2 bridgehead atoms. The van der Waals surface area contributed by atoms with E-state index in [1.54, 1.807) is 0 Å². The zero-order valence-electron chi connectivity index (χ0n) is 8.18. The third kappa shape index (κ3) is 1.96. The van der Waals surface area contributed by atoms with Crippen molar-refractivity contribution in [3.63, 3.8) is 0 Å². The smallest absolute Gasteiger partial charge is 0.166 e. The van der Waals surface area contributed by atoms with E-state index in [9.17, 15) is 0 Å². The van der Waals surface area contributed by atoms with Crippen molar-refractivity contribution in [1.82, 2.24) is 10.6 Å². The standard InChI is InChI=1S/C10H18N2S/c1-2-11-10(13)12-9-6-7-3-4-8(9)5-7/h7-9H,2-6H2,1H3,(H2,11,12,13)/t7-,8-,9-/m1/s1. The number of thiocarbonyl (C=S) groups is 1. The van der Waals surface area contributed by atoms with Crippen LogP contribution in [-0.2, 0) is 0 Å². The van der Waals surface area contributed by atoms with Crippen LogP contribution in [0.25, 0.3) is 0 Å². The Hall–Kier alpha value is -0.310. The summed E-state index contributed by atoms with van der Waals surface area (Å²) in [7, 11) is 0. The van der Waals surface area contributed by atoms with Gasteiger partial charge in [0.05, 0.1) is 0 Å². The molecule has 0 radical (unpaired) electrons. The van der Waals surface area contributed by atoms with Gasteiger partial charge >= 0.3 is 0 Å².